The molecular formula is C27H25N3O5. The lowest BCUT2D eigenvalue weighted by atomic mass is 10.1. The molecule has 0 bridgehead atoms. The Balaban J connectivity index is 1.37. The molecular weight excluding hydrogens is 446 g/mol. The molecule has 4 rings (SSSR count). The Labute approximate surface area is 203 Å². The van der Waals surface area contributed by atoms with Crippen LogP contribution in [0.2, 0.25) is 0 Å². The van der Waals surface area contributed by atoms with Crippen molar-refractivity contribution in [2.45, 2.75) is 6.54 Å². The van der Waals surface area contributed by atoms with Gasteiger partial charge in [-0.25, -0.2) is 9.69 Å². The summed E-state index contributed by atoms with van der Waals surface area (Å²) in [6, 6.07) is 20.4. The maximum absolute atomic E-state index is 12.7. The maximum Gasteiger partial charge on any atom is 0.338 e. The minimum Gasteiger partial charge on any atom is -0.452 e. The number of hydrogen-bond donors (Lipinski definition) is 0. The monoisotopic (exact) mass is 471 g/mol. The Morgan fingerprint density at radius 1 is 0.829 bits per heavy atom. The molecule has 0 spiro atoms. The van der Waals surface area contributed by atoms with E-state index in [9.17, 15) is 19.2 Å². The summed E-state index contributed by atoms with van der Waals surface area (Å²) in [4.78, 5) is 55.0. The van der Waals surface area contributed by atoms with Crippen LogP contribution in [0.15, 0.2) is 72.8 Å². The van der Waals surface area contributed by atoms with Gasteiger partial charge in [0.2, 0.25) is 0 Å². The molecule has 0 saturated heterocycles. The van der Waals surface area contributed by atoms with Gasteiger partial charge in [0.05, 0.1) is 22.4 Å². The zero-order chi connectivity index (χ0) is 25.1. The number of hydrogen-bond acceptors (Lipinski definition) is 6. The lowest BCUT2D eigenvalue weighted by Gasteiger charge is -2.18. The van der Waals surface area contributed by atoms with Crippen LogP contribution >= 0.6 is 0 Å². The minimum absolute atomic E-state index is 0.133. The van der Waals surface area contributed by atoms with Crippen LogP contribution in [-0.4, -0.2) is 56.3 Å². The first-order valence-corrected chi connectivity index (χ1v) is 11.0. The van der Waals surface area contributed by atoms with Gasteiger partial charge in [-0.3, -0.25) is 14.4 Å². The molecule has 3 amide bonds. The summed E-state index contributed by atoms with van der Waals surface area (Å²) in [5.41, 5.74) is 3.03. The Morgan fingerprint density at radius 2 is 1.46 bits per heavy atom. The van der Waals surface area contributed by atoms with E-state index in [2.05, 4.69) is 0 Å². The fraction of sp³-hybridized carbons (Fsp3) is 0.185. The van der Waals surface area contributed by atoms with Crippen molar-refractivity contribution in [3.63, 3.8) is 0 Å². The summed E-state index contributed by atoms with van der Waals surface area (Å²) in [5, 5.41) is 0. The van der Waals surface area contributed by atoms with Crippen molar-refractivity contribution in [2.24, 2.45) is 0 Å². The number of anilines is 2. The quantitative estimate of drug-likeness (QED) is 0.388. The first-order valence-electron chi connectivity index (χ1n) is 11.0. The fourth-order valence-electron chi connectivity index (χ4n) is 3.78. The summed E-state index contributed by atoms with van der Waals surface area (Å²) >= 11 is 0. The third-order valence-corrected chi connectivity index (χ3v) is 5.76. The molecule has 0 N–H and O–H groups in total. The van der Waals surface area contributed by atoms with Gasteiger partial charge in [-0.1, -0.05) is 30.3 Å². The van der Waals surface area contributed by atoms with Crippen molar-refractivity contribution >= 4 is 35.1 Å². The molecule has 178 valence electrons. The summed E-state index contributed by atoms with van der Waals surface area (Å²) in [6.45, 7) is -0.0539. The second-order valence-corrected chi connectivity index (χ2v) is 8.43. The maximum atomic E-state index is 12.7. The number of esters is 1. The second kappa shape index (κ2) is 9.80. The topological polar surface area (TPSA) is 87.2 Å². The smallest absolute Gasteiger partial charge is 0.338 e. The molecule has 35 heavy (non-hydrogen) atoms. The van der Waals surface area contributed by atoms with Crippen molar-refractivity contribution in [1.29, 1.82) is 0 Å². The molecule has 1 heterocycles. The molecule has 0 saturated carbocycles. The minimum atomic E-state index is -0.722. The predicted molar refractivity (Wildman–Crippen MR) is 132 cm³/mol. The van der Waals surface area contributed by atoms with E-state index >= 15 is 0 Å². The lowest BCUT2D eigenvalue weighted by Crippen LogP contribution is -2.31. The average Bonchev–Trinajstić information content (AvgIpc) is 3.12. The highest BCUT2D eigenvalue weighted by Crippen LogP contribution is 2.28. The molecule has 0 unspecified atom stereocenters. The van der Waals surface area contributed by atoms with Crippen molar-refractivity contribution < 1.29 is 23.9 Å². The third kappa shape index (κ3) is 4.91. The Kier molecular flexibility index (Phi) is 6.64. The number of likely N-dealkylation sites (N-methyl/N-ethyl adjacent to an activating group) is 1. The van der Waals surface area contributed by atoms with Crippen molar-refractivity contribution in [1.82, 2.24) is 4.90 Å². The number of ether oxygens (including phenoxy) is 1. The average molecular weight is 472 g/mol. The standard InChI is InChI=1S/C27H25N3O5/c1-28(2)20-13-11-18(12-14-20)16-29(3)24(31)17-35-27(34)19-7-6-8-21(15-19)30-25(32)22-9-4-5-10-23(22)26(30)33/h4-15H,16-17H2,1-3H3. The molecule has 0 radical (unpaired) electrons. The molecule has 0 atom stereocenters. The molecule has 8 heteroatoms. The van der Waals surface area contributed by atoms with Gasteiger partial charge in [-0.2, -0.15) is 0 Å². The van der Waals surface area contributed by atoms with E-state index in [1.165, 1.54) is 17.0 Å². The van der Waals surface area contributed by atoms with Gasteiger partial charge >= 0.3 is 5.97 Å². The molecule has 3 aromatic carbocycles. The molecule has 0 aliphatic carbocycles. The van der Waals surface area contributed by atoms with E-state index in [0.717, 1.165) is 16.2 Å². The van der Waals surface area contributed by atoms with Crippen LogP contribution in [0.4, 0.5) is 11.4 Å². The third-order valence-electron chi connectivity index (χ3n) is 5.76. The number of nitrogens with zero attached hydrogens (tertiary/aromatic N) is 3. The van der Waals surface area contributed by atoms with Crippen molar-refractivity contribution in [3.8, 4) is 0 Å². The van der Waals surface area contributed by atoms with Crippen LogP contribution < -0.4 is 9.80 Å². The van der Waals surface area contributed by atoms with Crippen molar-refractivity contribution in [3.05, 3.63) is 95.1 Å². The van der Waals surface area contributed by atoms with Crippen LogP contribution in [-0.2, 0) is 16.1 Å². The van der Waals surface area contributed by atoms with Gasteiger partial charge in [0.1, 0.15) is 0 Å². The number of amides is 3. The SMILES string of the molecule is CN(Cc1ccc(N(C)C)cc1)C(=O)COC(=O)c1cccc(N2C(=O)c3ccccc3C2=O)c1. The highest BCUT2D eigenvalue weighted by atomic mass is 16.5. The number of rotatable bonds is 7. The summed E-state index contributed by atoms with van der Waals surface area (Å²) in [5.74, 6) is -1.98. The lowest BCUT2D eigenvalue weighted by molar-refractivity contribution is -0.133. The van der Waals surface area contributed by atoms with Crippen LogP contribution in [0.5, 0.6) is 0 Å². The van der Waals surface area contributed by atoms with Crippen LogP contribution in [0.1, 0.15) is 36.6 Å². The van der Waals surface area contributed by atoms with Crippen LogP contribution in [0.25, 0.3) is 0 Å². The van der Waals surface area contributed by atoms with Gasteiger partial charge < -0.3 is 14.5 Å². The Morgan fingerprint density at radius 3 is 2.06 bits per heavy atom. The molecule has 8 nitrogen and oxygen atoms in total. The zero-order valence-corrected chi connectivity index (χ0v) is 19.7. The second-order valence-electron chi connectivity index (χ2n) is 8.43. The molecule has 3 aromatic rings. The van der Waals surface area contributed by atoms with E-state index < -0.39 is 24.4 Å². The first-order chi connectivity index (χ1) is 16.8. The Bertz CT molecular complexity index is 1270. The Hall–Kier alpha value is -4.46. The molecule has 0 aromatic heterocycles. The first kappa shape index (κ1) is 23.7. The van der Waals surface area contributed by atoms with Gasteiger partial charge in [0.15, 0.2) is 6.61 Å². The van der Waals surface area contributed by atoms with Crippen LogP contribution in [0.3, 0.4) is 0 Å². The van der Waals surface area contributed by atoms with Gasteiger partial charge in [0, 0.05) is 33.4 Å². The normalized spacial score (nSPS) is 12.4. The molecule has 1 aliphatic heterocycles. The van der Waals surface area contributed by atoms with Crippen molar-refractivity contribution in [2.75, 3.05) is 37.5 Å². The molecule has 1 aliphatic rings. The molecule has 0 fully saturated rings. The largest absolute Gasteiger partial charge is 0.452 e. The van der Waals surface area contributed by atoms with E-state index in [4.69, 9.17) is 4.74 Å². The van der Waals surface area contributed by atoms with Crippen LogP contribution in [0, 0.1) is 0 Å². The number of fused-ring (bicyclic) bond motifs is 1. The van der Waals surface area contributed by atoms with E-state index in [1.807, 2.05) is 43.3 Å². The van der Waals surface area contributed by atoms with Gasteiger partial charge in [0.25, 0.3) is 17.7 Å². The number of benzene rings is 3. The van der Waals surface area contributed by atoms with E-state index in [-0.39, 0.29) is 17.2 Å². The zero-order valence-electron chi connectivity index (χ0n) is 19.7. The summed E-state index contributed by atoms with van der Waals surface area (Å²) < 4.78 is 5.21. The fourth-order valence-corrected chi connectivity index (χ4v) is 3.78. The summed E-state index contributed by atoms with van der Waals surface area (Å²) in [7, 11) is 5.54. The van der Waals surface area contributed by atoms with Gasteiger partial charge in [-0.15, -0.1) is 0 Å². The number of carbonyl (C=O) groups excluding carboxylic acids is 4. The highest BCUT2D eigenvalue weighted by molar-refractivity contribution is 6.34. The number of carbonyl (C=O) groups is 4. The summed E-state index contributed by atoms with van der Waals surface area (Å²) in [6.07, 6.45) is 0. The number of imide groups is 1. The van der Waals surface area contributed by atoms with E-state index in [0.29, 0.717) is 17.7 Å². The van der Waals surface area contributed by atoms with Gasteiger partial charge in [-0.05, 0) is 48.0 Å². The van der Waals surface area contributed by atoms with E-state index in [1.54, 1.807) is 43.4 Å². The highest BCUT2D eigenvalue weighted by Gasteiger charge is 2.36. The predicted octanol–water partition coefficient (Wildman–Crippen LogP) is 3.37.